The lowest BCUT2D eigenvalue weighted by molar-refractivity contribution is -0.120. The summed E-state index contributed by atoms with van der Waals surface area (Å²) < 4.78 is 0. The Morgan fingerprint density at radius 3 is 2.64 bits per heavy atom. The number of rotatable bonds is 5. The number of likely N-dealkylation sites (tertiary alicyclic amines) is 1. The molecule has 6 heteroatoms. The number of halogens is 1. The van der Waals surface area contributed by atoms with E-state index in [1.165, 1.54) is 37.1 Å². The van der Waals surface area contributed by atoms with Crippen LogP contribution in [0.1, 0.15) is 25.7 Å². The van der Waals surface area contributed by atoms with Crippen LogP contribution in [-0.2, 0) is 4.79 Å². The quantitative estimate of drug-likeness (QED) is 0.850. The third-order valence-corrected chi connectivity index (χ3v) is 6.41. The molecular weight excluding hydrogens is 354 g/mol. The van der Waals surface area contributed by atoms with E-state index in [0.29, 0.717) is 12.6 Å². The van der Waals surface area contributed by atoms with Gasteiger partial charge in [0.05, 0.1) is 12.2 Å². The van der Waals surface area contributed by atoms with Gasteiger partial charge in [0.15, 0.2) is 0 Å². The summed E-state index contributed by atoms with van der Waals surface area (Å²) in [5, 5.41) is 3.71. The van der Waals surface area contributed by atoms with Gasteiger partial charge in [-0.3, -0.25) is 9.69 Å². The van der Waals surface area contributed by atoms with E-state index in [2.05, 4.69) is 28.4 Å². The van der Waals surface area contributed by atoms with Crippen LogP contribution in [0, 0.1) is 5.92 Å². The molecule has 1 saturated carbocycles. The van der Waals surface area contributed by atoms with Crippen LogP contribution in [0.3, 0.4) is 0 Å². The van der Waals surface area contributed by atoms with E-state index in [1.54, 1.807) is 0 Å². The molecule has 0 aromatic heterocycles. The molecule has 4 rings (SSSR count). The van der Waals surface area contributed by atoms with Gasteiger partial charge in [-0.1, -0.05) is 12.1 Å². The smallest absolute Gasteiger partial charge is 0.241 e. The summed E-state index contributed by atoms with van der Waals surface area (Å²) in [7, 11) is 0. The molecule has 2 aliphatic heterocycles. The van der Waals surface area contributed by atoms with Gasteiger partial charge in [-0.05, 0) is 50.3 Å². The van der Waals surface area contributed by atoms with Crippen molar-refractivity contribution in [2.24, 2.45) is 5.92 Å². The molecule has 25 heavy (non-hydrogen) atoms. The van der Waals surface area contributed by atoms with Gasteiger partial charge in [0.2, 0.25) is 5.91 Å². The molecule has 2 fully saturated rings. The van der Waals surface area contributed by atoms with E-state index in [1.807, 2.05) is 22.7 Å². The zero-order chi connectivity index (χ0) is 16.4. The molecule has 1 aliphatic carbocycles. The fourth-order valence-electron chi connectivity index (χ4n) is 3.66. The lowest BCUT2D eigenvalue weighted by Gasteiger charge is -2.35. The summed E-state index contributed by atoms with van der Waals surface area (Å²) in [6.45, 7) is 4.68. The third-order valence-electron chi connectivity index (χ3n) is 5.37. The maximum Gasteiger partial charge on any atom is 0.241 e. The normalized spacial score (nSPS) is 21.5. The molecular formula is C19H28ClN3OS. The van der Waals surface area contributed by atoms with Crippen LogP contribution in [0.2, 0.25) is 0 Å². The molecule has 1 aromatic carbocycles. The highest BCUT2D eigenvalue weighted by molar-refractivity contribution is 7.99. The molecule has 0 unspecified atom stereocenters. The monoisotopic (exact) mass is 381 g/mol. The molecule has 1 aromatic rings. The van der Waals surface area contributed by atoms with Crippen LogP contribution in [0.5, 0.6) is 0 Å². The van der Waals surface area contributed by atoms with E-state index < -0.39 is 0 Å². The standard InChI is InChI=1S/C19H27N3OS.ClH/c23-19(22-11-12-24-18-4-2-1-3-17(18)22)14-21-9-7-16(8-10-21)20-13-15-5-6-15;/h1-4,15-16,20H,5-14H2;1H. The summed E-state index contributed by atoms with van der Waals surface area (Å²) in [6, 6.07) is 8.94. The van der Waals surface area contributed by atoms with Crippen LogP contribution >= 0.6 is 24.2 Å². The average molecular weight is 382 g/mol. The lowest BCUT2D eigenvalue weighted by Crippen LogP contribution is -2.48. The van der Waals surface area contributed by atoms with Crippen molar-refractivity contribution in [2.75, 3.05) is 43.4 Å². The topological polar surface area (TPSA) is 35.6 Å². The second kappa shape index (κ2) is 8.76. The van der Waals surface area contributed by atoms with Gasteiger partial charge in [0.1, 0.15) is 0 Å². The van der Waals surface area contributed by atoms with E-state index in [9.17, 15) is 4.79 Å². The Bertz CT molecular complexity index is 588. The zero-order valence-electron chi connectivity index (χ0n) is 14.7. The number of nitrogens with zero attached hydrogens (tertiary/aromatic N) is 2. The largest absolute Gasteiger partial charge is 0.314 e. The highest BCUT2D eigenvalue weighted by Gasteiger charge is 2.27. The van der Waals surface area contributed by atoms with E-state index >= 15 is 0 Å². The van der Waals surface area contributed by atoms with Gasteiger partial charge in [-0.15, -0.1) is 24.2 Å². The van der Waals surface area contributed by atoms with Crippen molar-refractivity contribution in [2.45, 2.75) is 36.6 Å². The fourth-order valence-corrected chi connectivity index (χ4v) is 4.65. The molecule has 0 atom stereocenters. The maximum atomic E-state index is 12.8. The number of carbonyl (C=O) groups is 1. The Morgan fingerprint density at radius 1 is 1.12 bits per heavy atom. The molecule has 3 aliphatic rings. The van der Waals surface area contributed by atoms with Gasteiger partial charge in [-0.25, -0.2) is 0 Å². The minimum atomic E-state index is 0. The van der Waals surface area contributed by atoms with Crippen molar-refractivity contribution in [1.29, 1.82) is 0 Å². The average Bonchev–Trinajstić information content (AvgIpc) is 3.45. The summed E-state index contributed by atoms with van der Waals surface area (Å²) >= 11 is 1.85. The van der Waals surface area contributed by atoms with Crippen LogP contribution < -0.4 is 10.2 Å². The maximum absolute atomic E-state index is 12.8. The Balaban J connectivity index is 0.00000182. The number of hydrogen-bond acceptors (Lipinski definition) is 4. The second-order valence-electron chi connectivity index (χ2n) is 7.26. The van der Waals surface area contributed by atoms with Crippen molar-refractivity contribution in [1.82, 2.24) is 10.2 Å². The van der Waals surface area contributed by atoms with Gasteiger partial charge in [0.25, 0.3) is 0 Å². The number of hydrogen-bond donors (Lipinski definition) is 1. The molecule has 1 saturated heterocycles. The molecule has 138 valence electrons. The van der Waals surface area contributed by atoms with Crippen LogP contribution in [0.4, 0.5) is 5.69 Å². The van der Waals surface area contributed by atoms with Crippen LogP contribution in [-0.4, -0.2) is 55.3 Å². The molecule has 1 N–H and O–H groups in total. The predicted molar refractivity (Wildman–Crippen MR) is 107 cm³/mol. The number of thioether (sulfide) groups is 1. The minimum absolute atomic E-state index is 0. The Morgan fingerprint density at radius 2 is 1.88 bits per heavy atom. The van der Waals surface area contributed by atoms with Crippen molar-refractivity contribution >= 4 is 35.8 Å². The summed E-state index contributed by atoms with van der Waals surface area (Å²) in [4.78, 5) is 18.4. The predicted octanol–water partition coefficient (Wildman–Crippen LogP) is 3.01. The lowest BCUT2D eigenvalue weighted by atomic mass is 10.0. The minimum Gasteiger partial charge on any atom is -0.314 e. The number of carbonyl (C=O) groups excluding carboxylic acids is 1. The number of fused-ring (bicyclic) bond motifs is 1. The van der Waals surface area contributed by atoms with E-state index in [-0.39, 0.29) is 18.3 Å². The number of benzene rings is 1. The summed E-state index contributed by atoms with van der Waals surface area (Å²) in [5.74, 6) is 2.20. The van der Waals surface area contributed by atoms with Gasteiger partial charge in [-0.2, -0.15) is 0 Å². The first-order valence-corrected chi connectivity index (χ1v) is 10.3. The number of anilines is 1. The first-order chi connectivity index (χ1) is 11.8. The summed E-state index contributed by atoms with van der Waals surface area (Å²) in [6.07, 6.45) is 5.17. The second-order valence-corrected chi connectivity index (χ2v) is 8.40. The molecule has 0 spiro atoms. The van der Waals surface area contributed by atoms with Crippen molar-refractivity contribution < 1.29 is 4.79 Å². The molecule has 2 heterocycles. The third kappa shape index (κ3) is 4.91. The Hall–Kier alpha value is -0.750. The Kier molecular flexibility index (Phi) is 6.67. The van der Waals surface area contributed by atoms with Crippen molar-refractivity contribution in [3.05, 3.63) is 24.3 Å². The fraction of sp³-hybridized carbons (Fsp3) is 0.632. The molecule has 0 bridgehead atoms. The highest BCUT2D eigenvalue weighted by atomic mass is 35.5. The summed E-state index contributed by atoms with van der Waals surface area (Å²) in [5.41, 5.74) is 1.10. The molecule has 1 amide bonds. The van der Waals surface area contributed by atoms with Crippen molar-refractivity contribution in [3.8, 4) is 0 Å². The first-order valence-electron chi connectivity index (χ1n) is 9.27. The highest BCUT2D eigenvalue weighted by Crippen LogP contribution is 2.34. The van der Waals surface area contributed by atoms with Gasteiger partial charge in [0, 0.05) is 36.3 Å². The number of nitrogens with one attached hydrogen (secondary N) is 1. The number of amides is 1. The number of piperidine rings is 1. The van der Waals surface area contributed by atoms with Crippen LogP contribution in [0.25, 0.3) is 0 Å². The zero-order valence-corrected chi connectivity index (χ0v) is 16.3. The molecule has 0 radical (unpaired) electrons. The van der Waals surface area contributed by atoms with E-state index in [0.717, 1.165) is 37.0 Å². The van der Waals surface area contributed by atoms with E-state index in [4.69, 9.17) is 0 Å². The SMILES string of the molecule is Cl.O=C(CN1CCC(NCC2CC2)CC1)N1CCSc2ccccc21. The van der Waals surface area contributed by atoms with Gasteiger partial charge >= 0.3 is 0 Å². The number of para-hydroxylation sites is 1. The first kappa shape index (κ1) is 19.0. The van der Waals surface area contributed by atoms with Crippen molar-refractivity contribution in [3.63, 3.8) is 0 Å². The molecule has 4 nitrogen and oxygen atoms in total. The van der Waals surface area contributed by atoms with Crippen LogP contribution in [0.15, 0.2) is 29.2 Å². The Labute approximate surface area is 161 Å². The van der Waals surface area contributed by atoms with Gasteiger partial charge < -0.3 is 10.2 Å².